The summed E-state index contributed by atoms with van der Waals surface area (Å²) in [7, 11) is 0. The van der Waals surface area contributed by atoms with Gasteiger partial charge in [0.05, 0.1) is 0 Å². The minimum Gasteiger partial charge on any atom is -0.456 e. The first-order chi connectivity index (χ1) is 27.7. The standard InChI is InChI=1S/C54H32O2/c1-2-11-33(12-3-1)35-24-23-34-13-8-18-44(47(34)29-35)54-45-19-9-16-38(36-25-27-42-40-14-4-6-21-50(40)55-52(42)30-36)48(45)32-49-39(17-10-20-46(49)54)37-26-28-43-41-15-5-7-22-51(41)56-53(43)31-37/h1-32H. The summed E-state index contributed by atoms with van der Waals surface area (Å²) in [6, 6.07) is 70.0. The van der Waals surface area contributed by atoms with Gasteiger partial charge < -0.3 is 8.83 Å². The third-order valence-corrected chi connectivity index (χ3v) is 11.7. The minimum absolute atomic E-state index is 0.893. The van der Waals surface area contributed by atoms with Crippen LogP contribution in [0.4, 0.5) is 0 Å². The number of hydrogen-bond donors (Lipinski definition) is 0. The Balaban J connectivity index is 1.17. The van der Waals surface area contributed by atoms with Gasteiger partial charge in [-0.25, -0.2) is 0 Å². The molecule has 12 aromatic rings. The molecule has 0 atom stereocenters. The van der Waals surface area contributed by atoms with Crippen molar-refractivity contribution >= 4 is 76.2 Å². The molecule has 260 valence electrons. The van der Waals surface area contributed by atoms with E-state index in [9.17, 15) is 0 Å². The van der Waals surface area contributed by atoms with E-state index in [0.717, 1.165) is 55.0 Å². The van der Waals surface area contributed by atoms with Gasteiger partial charge in [0, 0.05) is 21.5 Å². The normalized spacial score (nSPS) is 11.9. The highest BCUT2D eigenvalue weighted by molar-refractivity contribution is 6.22. The highest BCUT2D eigenvalue weighted by atomic mass is 16.3. The first-order valence-corrected chi connectivity index (χ1v) is 19.2. The summed E-state index contributed by atoms with van der Waals surface area (Å²) >= 11 is 0. The number of furan rings is 2. The molecule has 0 spiro atoms. The molecule has 0 bridgehead atoms. The summed E-state index contributed by atoms with van der Waals surface area (Å²) in [6.07, 6.45) is 0. The van der Waals surface area contributed by atoms with Crippen LogP contribution in [0, 0.1) is 0 Å². The first kappa shape index (κ1) is 31.0. The molecule has 2 heteroatoms. The third kappa shape index (κ3) is 4.69. The second-order valence-electron chi connectivity index (χ2n) is 14.8. The van der Waals surface area contributed by atoms with Crippen molar-refractivity contribution in [2.24, 2.45) is 0 Å². The van der Waals surface area contributed by atoms with Crippen molar-refractivity contribution in [2.45, 2.75) is 0 Å². The predicted molar refractivity (Wildman–Crippen MR) is 235 cm³/mol. The van der Waals surface area contributed by atoms with E-state index < -0.39 is 0 Å². The summed E-state index contributed by atoms with van der Waals surface area (Å²) < 4.78 is 12.8. The van der Waals surface area contributed by atoms with E-state index in [2.05, 4.69) is 170 Å². The Morgan fingerprint density at radius 3 is 1.36 bits per heavy atom. The SMILES string of the molecule is c1ccc(-c2ccc3cccc(-c4c5cccc(-c6ccc7c(c6)oc6ccccc67)c5cc5c(-c6ccc7c(c6)oc6ccccc67)cccc45)c3c2)cc1. The van der Waals surface area contributed by atoms with Gasteiger partial charge in [-0.2, -0.15) is 0 Å². The van der Waals surface area contributed by atoms with Gasteiger partial charge >= 0.3 is 0 Å². The van der Waals surface area contributed by atoms with Crippen molar-refractivity contribution in [1.82, 2.24) is 0 Å². The maximum Gasteiger partial charge on any atom is 0.136 e. The maximum atomic E-state index is 6.41. The molecule has 10 aromatic carbocycles. The largest absolute Gasteiger partial charge is 0.456 e. The predicted octanol–water partition coefficient (Wildman–Crippen LogP) is 15.6. The van der Waals surface area contributed by atoms with Crippen LogP contribution in [0.25, 0.3) is 121 Å². The summed E-state index contributed by atoms with van der Waals surface area (Å²) in [5.74, 6) is 0. The fourth-order valence-electron chi connectivity index (χ4n) is 9.05. The van der Waals surface area contributed by atoms with E-state index >= 15 is 0 Å². The van der Waals surface area contributed by atoms with Crippen molar-refractivity contribution in [3.8, 4) is 44.5 Å². The minimum atomic E-state index is 0.893. The van der Waals surface area contributed by atoms with Crippen molar-refractivity contribution in [3.05, 3.63) is 194 Å². The average Bonchev–Trinajstić information content (AvgIpc) is 3.83. The number of para-hydroxylation sites is 2. The third-order valence-electron chi connectivity index (χ3n) is 11.7. The lowest BCUT2D eigenvalue weighted by Gasteiger charge is -2.19. The molecule has 0 amide bonds. The van der Waals surface area contributed by atoms with Gasteiger partial charge in [0.2, 0.25) is 0 Å². The molecule has 12 rings (SSSR count). The van der Waals surface area contributed by atoms with Gasteiger partial charge in [0.25, 0.3) is 0 Å². The number of rotatable bonds is 4. The van der Waals surface area contributed by atoms with Crippen LogP contribution >= 0.6 is 0 Å². The second kappa shape index (κ2) is 12.0. The Hall–Kier alpha value is -7.42. The van der Waals surface area contributed by atoms with Crippen molar-refractivity contribution < 1.29 is 8.83 Å². The average molecular weight is 713 g/mol. The van der Waals surface area contributed by atoms with Crippen molar-refractivity contribution in [1.29, 1.82) is 0 Å². The van der Waals surface area contributed by atoms with Crippen LogP contribution in [-0.4, -0.2) is 0 Å². The van der Waals surface area contributed by atoms with Gasteiger partial charge in [0.1, 0.15) is 22.3 Å². The summed E-state index contributed by atoms with van der Waals surface area (Å²) in [5, 5.41) is 11.8. The monoisotopic (exact) mass is 712 g/mol. The number of benzene rings is 10. The lowest BCUT2D eigenvalue weighted by Crippen LogP contribution is -1.92. The molecular formula is C54H32O2. The van der Waals surface area contributed by atoms with E-state index in [1.54, 1.807) is 0 Å². The van der Waals surface area contributed by atoms with Gasteiger partial charge in [-0.1, -0.05) is 146 Å². The van der Waals surface area contributed by atoms with E-state index in [-0.39, 0.29) is 0 Å². The zero-order valence-electron chi connectivity index (χ0n) is 30.3. The molecule has 0 unspecified atom stereocenters. The Morgan fingerprint density at radius 1 is 0.232 bits per heavy atom. The molecule has 0 N–H and O–H groups in total. The van der Waals surface area contributed by atoms with E-state index in [1.165, 1.54) is 65.7 Å². The van der Waals surface area contributed by atoms with Crippen LogP contribution in [0.2, 0.25) is 0 Å². The molecule has 0 aliphatic carbocycles. The molecule has 0 fully saturated rings. The fraction of sp³-hybridized carbons (Fsp3) is 0. The second-order valence-corrected chi connectivity index (χ2v) is 14.8. The highest BCUT2D eigenvalue weighted by Gasteiger charge is 2.19. The molecule has 56 heavy (non-hydrogen) atoms. The molecule has 2 aromatic heterocycles. The molecule has 0 aliphatic heterocycles. The molecule has 0 radical (unpaired) electrons. The van der Waals surface area contributed by atoms with Crippen molar-refractivity contribution in [2.75, 3.05) is 0 Å². The van der Waals surface area contributed by atoms with E-state index in [4.69, 9.17) is 8.83 Å². The van der Waals surface area contributed by atoms with E-state index in [1.807, 2.05) is 24.3 Å². The van der Waals surface area contributed by atoms with Gasteiger partial charge in [0.15, 0.2) is 0 Å². The van der Waals surface area contributed by atoms with Crippen LogP contribution in [0.15, 0.2) is 203 Å². The lowest BCUT2D eigenvalue weighted by molar-refractivity contribution is 0.668. The van der Waals surface area contributed by atoms with Gasteiger partial charge in [-0.05, 0) is 125 Å². The Morgan fingerprint density at radius 2 is 0.732 bits per heavy atom. The molecule has 0 saturated heterocycles. The Bertz CT molecular complexity index is 3360. The van der Waals surface area contributed by atoms with Crippen LogP contribution < -0.4 is 0 Å². The van der Waals surface area contributed by atoms with Crippen LogP contribution in [-0.2, 0) is 0 Å². The highest BCUT2D eigenvalue weighted by Crippen LogP contribution is 2.46. The summed E-state index contributed by atoms with van der Waals surface area (Å²) in [6.45, 7) is 0. The van der Waals surface area contributed by atoms with Gasteiger partial charge in [-0.3, -0.25) is 0 Å². The smallest absolute Gasteiger partial charge is 0.136 e. The van der Waals surface area contributed by atoms with Crippen LogP contribution in [0.1, 0.15) is 0 Å². The lowest BCUT2D eigenvalue weighted by atomic mass is 9.84. The fourth-order valence-corrected chi connectivity index (χ4v) is 9.05. The van der Waals surface area contributed by atoms with Crippen molar-refractivity contribution in [3.63, 3.8) is 0 Å². The first-order valence-electron chi connectivity index (χ1n) is 19.2. The quantitative estimate of drug-likeness (QED) is 0.170. The summed E-state index contributed by atoms with van der Waals surface area (Å²) in [5.41, 5.74) is 13.0. The Labute approximate surface area is 322 Å². The topological polar surface area (TPSA) is 26.3 Å². The van der Waals surface area contributed by atoms with Gasteiger partial charge in [-0.15, -0.1) is 0 Å². The number of hydrogen-bond acceptors (Lipinski definition) is 2. The molecule has 2 nitrogen and oxygen atoms in total. The zero-order chi connectivity index (χ0) is 36.7. The maximum absolute atomic E-state index is 6.41. The van der Waals surface area contributed by atoms with Crippen LogP contribution in [0.5, 0.6) is 0 Å². The molecule has 2 heterocycles. The van der Waals surface area contributed by atoms with Crippen LogP contribution in [0.3, 0.4) is 0 Å². The molecule has 0 aliphatic rings. The Kier molecular flexibility index (Phi) is 6.66. The zero-order valence-corrected chi connectivity index (χ0v) is 30.3. The number of fused-ring (bicyclic) bond motifs is 9. The molecular weight excluding hydrogens is 681 g/mol. The molecule has 0 saturated carbocycles. The van der Waals surface area contributed by atoms with E-state index in [0.29, 0.717) is 0 Å². The summed E-state index contributed by atoms with van der Waals surface area (Å²) in [4.78, 5) is 0.